The number of Topliss-reactive ketones (excluding diaryl/α,β-unsaturated/α-hetero) is 2. The third-order valence-electron chi connectivity index (χ3n) is 11.1. The molecule has 1 N–H and O–H groups in total. The second-order valence-corrected chi connectivity index (χ2v) is 18.2. The van der Waals surface area contributed by atoms with Crippen molar-refractivity contribution in [2.45, 2.75) is 51.4 Å². The van der Waals surface area contributed by atoms with Gasteiger partial charge in [0.05, 0.1) is 23.4 Å². The summed E-state index contributed by atoms with van der Waals surface area (Å²) in [4.78, 5) is 56.1. The number of aromatic nitrogens is 6. The summed E-state index contributed by atoms with van der Waals surface area (Å²) in [5.74, 6) is 0.148. The molecule has 20 heteroatoms. The Hall–Kier alpha value is -2.64. The van der Waals surface area contributed by atoms with Crippen LogP contribution in [0.1, 0.15) is 46.6 Å². The van der Waals surface area contributed by atoms with Gasteiger partial charge in [-0.1, -0.05) is 61.6 Å². The molecule has 2 aromatic heterocycles. The SMILES string of the molecule is CCC(Br)C(C)=O.CCC(C(C)=O)n1ncn(-c2ccc(N3CCN(c4ccc(Br)cc4)CC3)cc2)c1=O.CF.O=c1[nH]ncn1-c1ccc(N2CCN(c3ccc(Br)cc3)CC2)cc1.[K].[U]. The fourth-order valence-electron chi connectivity index (χ4n) is 7.46. The summed E-state index contributed by atoms with van der Waals surface area (Å²) < 4.78 is 16.0. The topological polar surface area (TPSA) is 138 Å². The molecule has 0 saturated carbocycles. The molecule has 4 heterocycles. The Morgan fingerprint density at radius 3 is 1.21 bits per heavy atom. The number of carbonyl (C=O) groups excluding carboxylic acids is 2. The summed E-state index contributed by atoms with van der Waals surface area (Å²) in [6.45, 7) is 14.6. The summed E-state index contributed by atoms with van der Waals surface area (Å²) in [5, 5.41) is 10.3. The van der Waals surface area contributed by atoms with Crippen LogP contribution in [-0.2, 0) is 9.59 Å². The van der Waals surface area contributed by atoms with Crippen molar-refractivity contribution < 1.29 is 45.1 Å². The van der Waals surface area contributed by atoms with Crippen molar-refractivity contribution >= 4 is 133 Å². The van der Waals surface area contributed by atoms with Crippen LogP contribution in [0.3, 0.4) is 0 Å². The van der Waals surface area contributed by atoms with Gasteiger partial charge in [-0.2, -0.15) is 10.2 Å². The fraction of sp³-hybridized carbons (Fsp3) is 0.362. The predicted octanol–water partition coefficient (Wildman–Crippen LogP) is 8.27. The fourth-order valence-corrected chi connectivity index (χ4v) is 7.99. The first-order valence-electron chi connectivity index (χ1n) is 21.4. The first-order valence-corrected chi connectivity index (χ1v) is 23.9. The van der Waals surface area contributed by atoms with Crippen molar-refractivity contribution in [1.82, 2.24) is 29.1 Å². The zero-order valence-corrected chi connectivity index (χ0v) is 50.8. The predicted molar refractivity (Wildman–Crippen MR) is 276 cm³/mol. The number of alkyl halides is 2. The molecule has 2 saturated heterocycles. The van der Waals surface area contributed by atoms with Gasteiger partial charge in [-0.25, -0.2) is 28.5 Å². The van der Waals surface area contributed by atoms with Gasteiger partial charge >= 0.3 is 11.4 Å². The molecule has 2 aliphatic rings. The molecule has 2 fully saturated rings. The van der Waals surface area contributed by atoms with Crippen molar-refractivity contribution in [3.63, 3.8) is 0 Å². The maximum Gasteiger partial charge on any atom is 0.351 e. The number of halogens is 4. The van der Waals surface area contributed by atoms with Gasteiger partial charge in [0.15, 0.2) is 5.78 Å². The zero-order chi connectivity index (χ0) is 47.0. The van der Waals surface area contributed by atoms with Crippen LogP contribution in [0.5, 0.6) is 0 Å². The van der Waals surface area contributed by atoms with E-state index in [1.54, 1.807) is 6.92 Å². The van der Waals surface area contributed by atoms with Gasteiger partial charge in [-0.15, -0.1) is 0 Å². The van der Waals surface area contributed by atoms with Crippen LogP contribution >= 0.6 is 47.8 Å². The Morgan fingerprint density at radius 2 is 0.925 bits per heavy atom. The number of piperazine rings is 2. The molecule has 0 aliphatic carbocycles. The van der Waals surface area contributed by atoms with Gasteiger partial charge in [0.1, 0.15) is 24.5 Å². The molecule has 2 unspecified atom stereocenters. The summed E-state index contributed by atoms with van der Waals surface area (Å²) in [5.41, 5.74) is 5.85. The number of nitrogens with one attached hydrogen (secondary N) is 1. The molecule has 1 radical (unpaired) electrons. The molecule has 14 nitrogen and oxygen atoms in total. The van der Waals surface area contributed by atoms with E-state index in [4.69, 9.17) is 0 Å². The maximum atomic E-state index is 12.7. The van der Waals surface area contributed by atoms with E-state index >= 15 is 0 Å². The molecule has 6 aromatic rings. The number of hydrogen-bond donors (Lipinski definition) is 1. The summed E-state index contributed by atoms with van der Waals surface area (Å²) >= 11 is 10.2. The van der Waals surface area contributed by atoms with E-state index < -0.39 is 6.04 Å². The van der Waals surface area contributed by atoms with Crippen molar-refractivity contribution in [3.8, 4) is 11.4 Å². The smallest absolute Gasteiger partial charge is 0.351 e. The Bertz CT molecular complexity index is 2530. The third-order valence-corrected chi connectivity index (χ3v) is 13.5. The molecule has 0 amide bonds. The molecule has 8 rings (SSSR count). The van der Waals surface area contributed by atoms with Crippen LogP contribution in [-0.4, -0.2) is 156 Å². The number of aromatic amines is 1. The van der Waals surface area contributed by atoms with E-state index in [-0.39, 0.29) is 110 Å². The van der Waals surface area contributed by atoms with Crippen molar-refractivity contribution in [3.05, 3.63) is 140 Å². The molecule has 67 heavy (non-hydrogen) atoms. The van der Waals surface area contributed by atoms with E-state index in [0.717, 1.165) is 84.8 Å². The summed E-state index contributed by atoms with van der Waals surface area (Å²) in [7, 11) is 0.500. The summed E-state index contributed by atoms with van der Waals surface area (Å²) in [6, 6.07) is 32.3. The van der Waals surface area contributed by atoms with E-state index in [2.05, 4.69) is 143 Å². The Balaban J connectivity index is 0.000000298. The minimum atomic E-state index is -0.518. The molecule has 2 aliphatic heterocycles. The van der Waals surface area contributed by atoms with Crippen LogP contribution in [0.25, 0.3) is 11.4 Å². The van der Waals surface area contributed by atoms with Crippen molar-refractivity contribution in [2.24, 2.45) is 0 Å². The second kappa shape index (κ2) is 29.5. The average molecular weight is 1360 g/mol. The largest absolute Gasteiger partial charge is 0.368 e. The molecular formula is C47H56Br3FKN10O4U. The minimum absolute atomic E-state index is 0. The number of benzene rings is 4. The first-order chi connectivity index (χ1) is 31.4. The van der Waals surface area contributed by atoms with Crippen LogP contribution in [0.2, 0.25) is 0 Å². The van der Waals surface area contributed by atoms with Crippen LogP contribution in [0.4, 0.5) is 27.1 Å². The Labute approximate surface area is 483 Å². The third kappa shape index (κ3) is 16.5. The molecule has 351 valence electrons. The second-order valence-electron chi connectivity index (χ2n) is 15.2. The molecule has 2 atom stereocenters. The van der Waals surface area contributed by atoms with Crippen LogP contribution in [0, 0.1) is 31.1 Å². The zero-order valence-electron chi connectivity index (χ0n) is 38.8. The first kappa shape index (κ1) is 58.7. The van der Waals surface area contributed by atoms with Gasteiger partial charge in [0, 0.05) is 167 Å². The molecular weight excluding hydrogens is 1300 g/mol. The van der Waals surface area contributed by atoms with E-state index in [1.807, 2.05) is 50.2 Å². The maximum absolute atomic E-state index is 12.7. The van der Waals surface area contributed by atoms with Crippen molar-refractivity contribution in [1.29, 1.82) is 0 Å². The number of hydrogen-bond acceptors (Lipinski definition) is 10. The van der Waals surface area contributed by atoms with Crippen molar-refractivity contribution in [2.75, 3.05) is 79.1 Å². The molecule has 4 aromatic carbocycles. The number of H-pyrrole nitrogens is 1. The number of carbonyl (C=O) groups is 2. The van der Waals surface area contributed by atoms with Crippen LogP contribution in [0.15, 0.2) is 128 Å². The standard InChI is InChI=1S/C23H26BrN5O2.C18H18BrN5O.C5H9BrO.CH3F.K.U/c1-3-22(17(2)30)29-23(31)28(16-25-29)21-10-8-20(9-11-21)27-14-12-26(13-15-27)19-6-4-18(24)5-7-19;19-14-1-3-15(4-2-14)22-9-11-23(12-10-22)16-5-7-17(8-6-16)24-13-20-21-18(24)25;1-3-5(6)4(2)7;1-2;;/h4-11,16,22H,3,12-15H2,1-2H3;1-8,13H,9-12H2,(H,21,25);5H,3H2,1-2H3;1H3;;. The van der Waals surface area contributed by atoms with E-state index in [9.17, 15) is 23.6 Å². The van der Waals surface area contributed by atoms with Gasteiger partial charge in [-0.05, 0) is 124 Å². The molecule has 0 bridgehead atoms. The molecule has 0 spiro atoms. The van der Waals surface area contributed by atoms with Gasteiger partial charge in [-0.3, -0.25) is 14.0 Å². The average Bonchev–Trinajstić information content (AvgIpc) is 3.95. The minimum Gasteiger partial charge on any atom is -0.368 e. The number of anilines is 4. The van der Waals surface area contributed by atoms with Gasteiger partial charge < -0.3 is 19.6 Å². The van der Waals surface area contributed by atoms with Crippen LogP contribution < -0.4 is 31.0 Å². The normalized spacial score (nSPS) is 14.0. The quantitative estimate of drug-likeness (QED) is 0.0998. The number of ketones is 2. The Kier molecular flexibility index (Phi) is 25.8. The van der Waals surface area contributed by atoms with Gasteiger partial charge in [0.2, 0.25) is 0 Å². The number of nitrogens with zero attached hydrogens (tertiary/aromatic N) is 9. The van der Waals surface area contributed by atoms with E-state index in [1.165, 1.54) is 50.5 Å². The monoisotopic (exact) mass is 1360 g/mol. The van der Waals surface area contributed by atoms with Gasteiger partial charge in [0.25, 0.3) is 0 Å². The number of rotatable bonds is 11. The van der Waals surface area contributed by atoms with E-state index in [0.29, 0.717) is 13.6 Å². The Morgan fingerprint density at radius 1 is 0.582 bits per heavy atom. The summed E-state index contributed by atoms with van der Waals surface area (Å²) in [6.07, 6.45) is 4.40.